The maximum atomic E-state index is 10.3. The molecule has 0 aliphatic rings. The molecular weight excluding hydrogens is 199 g/mol. The van der Waals surface area contributed by atoms with Crippen LogP contribution in [0.3, 0.4) is 0 Å². The molecule has 66 valence electrons. The van der Waals surface area contributed by atoms with Gasteiger partial charge in [-0.25, -0.2) is 0 Å². The molecule has 0 spiro atoms. The zero-order valence-corrected chi connectivity index (χ0v) is 10.5. The molecule has 0 aliphatic carbocycles. The van der Waals surface area contributed by atoms with E-state index in [-0.39, 0.29) is 35.3 Å². The van der Waals surface area contributed by atoms with Gasteiger partial charge in [0.15, 0.2) is 0 Å². The molecule has 13 heavy (non-hydrogen) atoms. The monoisotopic (exact) mass is 208 g/mol. The Morgan fingerprint density at radius 2 is 2.23 bits per heavy atom. The first kappa shape index (κ1) is 13.1. The van der Waals surface area contributed by atoms with Crippen LogP contribution in [0.25, 0.3) is 0 Å². The van der Waals surface area contributed by atoms with Crippen molar-refractivity contribution >= 4 is 11.1 Å². The number of methoxy groups -OCH3 is 1. The van der Waals surface area contributed by atoms with Gasteiger partial charge in [-0.2, -0.15) is 0 Å². The first-order valence-corrected chi connectivity index (χ1v) is 4.65. The molecule has 0 bridgehead atoms. The van der Waals surface area contributed by atoms with Gasteiger partial charge in [-0.15, -0.1) is 0 Å². The van der Waals surface area contributed by atoms with Crippen LogP contribution in [-0.2, 0) is 16.8 Å². The fraction of sp³-hybridized carbons (Fsp3) is 0.250. The summed E-state index contributed by atoms with van der Waals surface area (Å²) in [6.45, 7) is 0. The van der Waals surface area contributed by atoms with E-state index in [2.05, 4.69) is 0 Å². The summed E-state index contributed by atoms with van der Waals surface area (Å²) in [5, 5.41) is 0. The largest absolute Gasteiger partial charge is 1.00 e. The summed E-state index contributed by atoms with van der Waals surface area (Å²) in [6, 6.07) is 6.99. The topological polar surface area (TPSA) is 49.4 Å². The Hall–Kier alpha value is 0.130. The molecule has 0 aliphatic heterocycles. The van der Waals surface area contributed by atoms with Crippen molar-refractivity contribution in [1.29, 1.82) is 0 Å². The molecule has 5 heteroatoms. The summed E-state index contributed by atoms with van der Waals surface area (Å²) in [4.78, 5) is 0. The summed E-state index contributed by atoms with van der Waals surface area (Å²) >= 11 is -2.03. The van der Waals surface area contributed by atoms with E-state index in [1.165, 1.54) is 0 Å². The molecule has 1 aromatic carbocycles. The van der Waals surface area contributed by atoms with E-state index < -0.39 is 11.1 Å². The predicted molar refractivity (Wildman–Crippen MR) is 45.6 cm³/mol. The molecule has 0 fully saturated rings. The van der Waals surface area contributed by atoms with Crippen LogP contribution in [0.15, 0.2) is 24.3 Å². The average molecular weight is 208 g/mol. The number of ether oxygens (including phenoxy) is 1. The normalized spacial score (nSPS) is 11.5. The van der Waals surface area contributed by atoms with Crippen molar-refractivity contribution < 1.29 is 43.1 Å². The molecule has 0 saturated carbocycles. The van der Waals surface area contributed by atoms with E-state index in [0.717, 1.165) is 5.56 Å². The van der Waals surface area contributed by atoms with E-state index in [1.807, 2.05) is 0 Å². The van der Waals surface area contributed by atoms with E-state index in [0.29, 0.717) is 5.75 Å². The van der Waals surface area contributed by atoms with Crippen LogP contribution in [0.1, 0.15) is 5.56 Å². The number of benzene rings is 1. The second-order valence-electron chi connectivity index (χ2n) is 2.30. The molecule has 0 saturated heterocycles. The van der Waals surface area contributed by atoms with Gasteiger partial charge in [-0.1, -0.05) is 23.2 Å². The van der Waals surface area contributed by atoms with Gasteiger partial charge in [0.05, 0.1) is 7.11 Å². The summed E-state index contributed by atoms with van der Waals surface area (Å²) in [6.07, 6.45) is 0. The van der Waals surface area contributed by atoms with Crippen LogP contribution in [0, 0.1) is 0 Å². The van der Waals surface area contributed by atoms with Gasteiger partial charge in [0, 0.05) is 5.75 Å². The second kappa shape index (κ2) is 6.56. The van der Waals surface area contributed by atoms with E-state index in [9.17, 15) is 8.76 Å². The van der Waals surface area contributed by atoms with Crippen LogP contribution in [0.4, 0.5) is 0 Å². The minimum absolute atomic E-state index is 0. The molecular formula is C8H9NaO3S. The number of hydrogen-bond acceptors (Lipinski definition) is 3. The minimum atomic E-state index is -2.03. The Morgan fingerprint density at radius 1 is 1.54 bits per heavy atom. The fourth-order valence-electron chi connectivity index (χ4n) is 0.898. The summed E-state index contributed by atoms with van der Waals surface area (Å²) in [5.74, 6) is 0.718. The molecule has 1 unspecified atom stereocenters. The van der Waals surface area contributed by atoms with Gasteiger partial charge in [-0.3, -0.25) is 4.21 Å². The molecule has 0 aromatic heterocycles. The minimum Gasteiger partial charge on any atom is -0.772 e. The molecule has 3 nitrogen and oxygen atoms in total. The predicted octanol–water partition coefficient (Wildman–Crippen LogP) is -1.92. The molecule has 1 aromatic rings. The standard InChI is InChI=1S/C8H10O3S.Na/c1-11-8-4-2-3-7(5-8)6-12(9)10;/h2-5H,6H2,1H3,(H,9,10);/q;+1/p-1. The molecule has 0 N–H and O–H groups in total. The third-order valence-corrected chi connectivity index (χ3v) is 1.99. The molecule has 1 atom stereocenters. The van der Waals surface area contributed by atoms with Crippen LogP contribution in [0.2, 0.25) is 0 Å². The molecule has 0 radical (unpaired) electrons. The molecule has 1 rings (SSSR count). The van der Waals surface area contributed by atoms with Crippen molar-refractivity contribution in [1.82, 2.24) is 0 Å². The zero-order valence-electron chi connectivity index (χ0n) is 7.65. The van der Waals surface area contributed by atoms with Crippen LogP contribution >= 0.6 is 0 Å². The summed E-state index contributed by atoms with van der Waals surface area (Å²) in [5.41, 5.74) is 0.739. The van der Waals surface area contributed by atoms with Crippen molar-refractivity contribution in [3.05, 3.63) is 29.8 Å². The quantitative estimate of drug-likeness (QED) is 0.430. The van der Waals surface area contributed by atoms with E-state index in [1.54, 1.807) is 31.4 Å². The van der Waals surface area contributed by atoms with E-state index in [4.69, 9.17) is 4.74 Å². The number of hydrogen-bond donors (Lipinski definition) is 0. The van der Waals surface area contributed by atoms with Crippen molar-refractivity contribution in [3.63, 3.8) is 0 Å². The van der Waals surface area contributed by atoms with Gasteiger partial charge in [-0.05, 0) is 17.7 Å². The third kappa shape index (κ3) is 4.78. The first-order valence-electron chi connectivity index (χ1n) is 3.41. The maximum absolute atomic E-state index is 10.3. The average Bonchev–Trinajstić information content (AvgIpc) is 2.03. The van der Waals surface area contributed by atoms with Crippen LogP contribution < -0.4 is 34.3 Å². The Labute approximate surface area is 102 Å². The van der Waals surface area contributed by atoms with Crippen LogP contribution in [0.5, 0.6) is 5.75 Å². The first-order chi connectivity index (χ1) is 5.72. The zero-order chi connectivity index (χ0) is 8.97. The van der Waals surface area contributed by atoms with Gasteiger partial charge in [0.25, 0.3) is 0 Å². The van der Waals surface area contributed by atoms with Gasteiger partial charge < -0.3 is 9.29 Å². The van der Waals surface area contributed by atoms with Crippen molar-refractivity contribution in [2.75, 3.05) is 7.11 Å². The third-order valence-electron chi connectivity index (χ3n) is 1.42. The Kier molecular flexibility index (Phi) is 6.63. The maximum Gasteiger partial charge on any atom is 1.00 e. The second-order valence-corrected chi connectivity index (χ2v) is 3.20. The van der Waals surface area contributed by atoms with Gasteiger partial charge >= 0.3 is 29.6 Å². The fourth-order valence-corrected chi connectivity index (χ4v) is 1.35. The van der Waals surface area contributed by atoms with Gasteiger partial charge in [0.1, 0.15) is 5.75 Å². The molecule has 0 heterocycles. The van der Waals surface area contributed by atoms with Crippen LogP contribution in [-0.4, -0.2) is 15.9 Å². The van der Waals surface area contributed by atoms with Crippen molar-refractivity contribution in [3.8, 4) is 5.75 Å². The number of rotatable bonds is 3. The summed E-state index contributed by atoms with van der Waals surface area (Å²) in [7, 11) is 1.55. The Bertz CT molecular complexity index is 290. The van der Waals surface area contributed by atoms with Crippen molar-refractivity contribution in [2.45, 2.75) is 5.75 Å². The van der Waals surface area contributed by atoms with Crippen molar-refractivity contribution in [2.24, 2.45) is 0 Å². The Balaban J connectivity index is 0.00000144. The van der Waals surface area contributed by atoms with E-state index >= 15 is 0 Å². The molecule has 0 amide bonds. The summed E-state index contributed by atoms with van der Waals surface area (Å²) < 4.78 is 25.6. The van der Waals surface area contributed by atoms with Gasteiger partial charge in [0.2, 0.25) is 0 Å². The Morgan fingerprint density at radius 3 is 2.77 bits per heavy atom. The smallest absolute Gasteiger partial charge is 0.772 e. The SMILES string of the molecule is COc1cccc(CS(=O)[O-])c1.[Na+].